The molecule has 189 valence electrons. The van der Waals surface area contributed by atoms with Crippen LogP contribution in [-0.2, 0) is 11.0 Å². The fraction of sp³-hybridized carbons (Fsp3) is 0.370. The molecule has 0 aliphatic heterocycles. The van der Waals surface area contributed by atoms with Crippen molar-refractivity contribution in [2.75, 3.05) is 25.6 Å². The number of aromatic nitrogens is 4. The largest absolute Gasteiger partial charge is 0.407 e. The number of aliphatic hydroxyl groups is 2. The molecule has 9 heteroatoms. The van der Waals surface area contributed by atoms with E-state index in [9.17, 15) is 10.2 Å². The number of imidazole rings is 1. The first kappa shape index (κ1) is 26.0. The second-order valence-electron chi connectivity index (χ2n) is 10.3. The van der Waals surface area contributed by atoms with Gasteiger partial charge in [-0.1, -0.05) is 81.4 Å². The van der Waals surface area contributed by atoms with Crippen LogP contribution in [-0.4, -0.2) is 58.6 Å². The van der Waals surface area contributed by atoms with Crippen molar-refractivity contribution in [3.05, 3.63) is 73.3 Å². The maximum atomic E-state index is 10.7. The van der Waals surface area contributed by atoms with Crippen molar-refractivity contribution in [2.45, 2.75) is 27.3 Å². The fourth-order valence-corrected chi connectivity index (χ4v) is 6.85. The smallest absolute Gasteiger partial charge is 0.282 e. The molecule has 1 unspecified atom stereocenters. The van der Waals surface area contributed by atoms with Crippen molar-refractivity contribution in [2.24, 2.45) is 16.7 Å². The molecule has 4 N–H and O–H groups in total. The Morgan fingerprint density at radius 3 is 2.03 bits per heavy atom. The highest BCUT2D eigenvalue weighted by Gasteiger charge is 2.45. The Morgan fingerprint density at radius 1 is 0.917 bits per heavy atom. The van der Waals surface area contributed by atoms with E-state index in [1.54, 1.807) is 6.33 Å². The number of benzene rings is 2. The van der Waals surface area contributed by atoms with E-state index in [1.807, 2.05) is 41.0 Å². The fourth-order valence-electron chi connectivity index (χ4n) is 4.86. The summed E-state index contributed by atoms with van der Waals surface area (Å²) in [6, 6.07) is 20.5. The molecule has 0 fully saturated rings. The molecule has 0 spiro atoms. The van der Waals surface area contributed by atoms with Crippen LogP contribution in [0.15, 0.2) is 73.3 Å². The van der Waals surface area contributed by atoms with Crippen molar-refractivity contribution < 1.29 is 14.6 Å². The van der Waals surface area contributed by atoms with Gasteiger partial charge >= 0.3 is 0 Å². The number of nitrogens with zero attached hydrogens (tertiary/aromatic N) is 4. The van der Waals surface area contributed by atoms with Crippen molar-refractivity contribution in [1.29, 1.82) is 0 Å². The molecule has 0 saturated carbocycles. The standard InChI is InChI=1S/C27H34N5O3Si/c1-26(2,3)22(14-35-36(20-10-6-4-7-11-20)21-12-8-5-9-13-21)27(16-33,17-34)15-32-19-31-23-24(28)29-18-30-25(23)32/h4-13,18-19,22,33-34H,14-17H2,1-3H3,(H2,28,29,30). The maximum Gasteiger partial charge on any atom is 0.282 e. The average molecular weight is 505 g/mol. The van der Waals surface area contributed by atoms with Crippen LogP contribution in [0.5, 0.6) is 0 Å². The first-order valence-corrected chi connectivity index (χ1v) is 13.4. The third-order valence-corrected chi connectivity index (χ3v) is 8.97. The Morgan fingerprint density at radius 2 is 1.50 bits per heavy atom. The number of anilines is 1. The number of nitrogens with two attached hydrogens (primary N) is 1. The molecule has 0 saturated heterocycles. The van der Waals surface area contributed by atoms with Gasteiger partial charge in [-0.3, -0.25) is 0 Å². The van der Waals surface area contributed by atoms with Crippen molar-refractivity contribution in [3.8, 4) is 0 Å². The summed E-state index contributed by atoms with van der Waals surface area (Å²) in [5, 5.41) is 23.8. The SMILES string of the molecule is CC(C)(C)C(CO[Si](c1ccccc1)c1ccccc1)C(CO)(CO)Cn1cnc2c(N)ncnc21. The van der Waals surface area contributed by atoms with Gasteiger partial charge in [-0.25, -0.2) is 15.0 Å². The molecule has 0 bridgehead atoms. The van der Waals surface area contributed by atoms with E-state index in [2.05, 4.69) is 60.0 Å². The van der Waals surface area contributed by atoms with Crippen LogP contribution < -0.4 is 16.1 Å². The number of nitrogen functional groups attached to an aromatic ring is 1. The summed E-state index contributed by atoms with van der Waals surface area (Å²) in [7, 11) is -1.55. The molecule has 1 radical (unpaired) electrons. The summed E-state index contributed by atoms with van der Waals surface area (Å²) >= 11 is 0. The summed E-state index contributed by atoms with van der Waals surface area (Å²) in [6.07, 6.45) is 3.04. The third-order valence-electron chi connectivity index (χ3n) is 6.80. The van der Waals surface area contributed by atoms with Gasteiger partial charge in [0.2, 0.25) is 0 Å². The second kappa shape index (κ2) is 10.9. The molecule has 0 aliphatic rings. The molecule has 36 heavy (non-hydrogen) atoms. The number of hydrogen-bond donors (Lipinski definition) is 3. The minimum atomic E-state index is -1.55. The second-order valence-corrected chi connectivity index (χ2v) is 12.4. The van der Waals surface area contributed by atoms with Gasteiger partial charge in [0, 0.05) is 18.6 Å². The van der Waals surface area contributed by atoms with E-state index in [-0.39, 0.29) is 24.5 Å². The molecule has 8 nitrogen and oxygen atoms in total. The van der Waals surface area contributed by atoms with Crippen LogP contribution in [0.3, 0.4) is 0 Å². The minimum absolute atomic E-state index is 0.191. The average Bonchev–Trinajstić information content (AvgIpc) is 3.30. The van der Waals surface area contributed by atoms with E-state index < -0.39 is 14.5 Å². The van der Waals surface area contributed by atoms with Gasteiger partial charge in [0.05, 0.1) is 19.5 Å². The van der Waals surface area contributed by atoms with Gasteiger partial charge in [-0.2, -0.15) is 0 Å². The Balaban J connectivity index is 1.68. The van der Waals surface area contributed by atoms with E-state index in [4.69, 9.17) is 10.2 Å². The zero-order chi connectivity index (χ0) is 25.8. The minimum Gasteiger partial charge on any atom is -0.407 e. The molecular formula is C27H34N5O3Si. The van der Waals surface area contributed by atoms with Crippen molar-refractivity contribution in [3.63, 3.8) is 0 Å². The molecule has 2 aromatic carbocycles. The van der Waals surface area contributed by atoms with Gasteiger partial charge in [-0.15, -0.1) is 0 Å². The number of aliphatic hydroxyl groups excluding tert-OH is 2. The van der Waals surface area contributed by atoms with Gasteiger partial charge in [0.15, 0.2) is 11.5 Å². The molecule has 2 heterocycles. The van der Waals surface area contributed by atoms with Crippen LogP contribution in [0.25, 0.3) is 11.2 Å². The first-order valence-electron chi connectivity index (χ1n) is 12.0. The summed E-state index contributed by atoms with van der Waals surface area (Å²) in [5.74, 6) is 0.107. The lowest BCUT2D eigenvalue weighted by Gasteiger charge is -2.45. The van der Waals surface area contributed by atoms with Gasteiger partial charge in [0.25, 0.3) is 9.04 Å². The zero-order valence-electron chi connectivity index (χ0n) is 21.0. The number of fused-ring (bicyclic) bond motifs is 1. The third kappa shape index (κ3) is 5.34. The highest BCUT2D eigenvalue weighted by Crippen LogP contribution is 2.42. The van der Waals surface area contributed by atoms with E-state index >= 15 is 0 Å². The molecule has 4 aromatic rings. The summed E-state index contributed by atoms with van der Waals surface area (Å²) in [4.78, 5) is 12.7. The van der Waals surface area contributed by atoms with Crippen LogP contribution in [0, 0.1) is 16.7 Å². The molecular weight excluding hydrogens is 470 g/mol. The van der Waals surface area contributed by atoms with Gasteiger partial charge in [-0.05, 0) is 21.7 Å². The lowest BCUT2D eigenvalue weighted by molar-refractivity contribution is -0.0687. The number of rotatable bonds is 10. The summed E-state index contributed by atoms with van der Waals surface area (Å²) < 4.78 is 8.58. The predicted octanol–water partition coefficient (Wildman–Crippen LogP) is 1.86. The van der Waals surface area contributed by atoms with Crippen molar-refractivity contribution in [1.82, 2.24) is 19.5 Å². The van der Waals surface area contributed by atoms with Gasteiger partial charge < -0.3 is 24.9 Å². The monoisotopic (exact) mass is 504 g/mol. The molecule has 1 atom stereocenters. The van der Waals surface area contributed by atoms with E-state index in [1.165, 1.54) is 6.33 Å². The van der Waals surface area contributed by atoms with Crippen LogP contribution in [0.4, 0.5) is 5.82 Å². The van der Waals surface area contributed by atoms with E-state index in [0.29, 0.717) is 30.1 Å². The lowest BCUT2D eigenvalue weighted by Crippen LogP contribution is -2.52. The quantitative estimate of drug-likeness (QED) is 0.282. The predicted molar refractivity (Wildman–Crippen MR) is 143 cm³/mol. The topological polar surface area (TPSA) is 119 Å². The maximum absolute atomic E-state index is 10.7. The van der Waals surface area contributed by atoms with Crippen LogP contribution >= 0.6 is 0 Å². The van der Waals surface area contributed by atoms with E-state index in [0.717, 1.165) is 10.4 Å². The Kier molecular flexibility index (Phi) is 7.84. The Hall–Kier alpha value is -3.11. The summed E-state index contributed by atoms with van der Waals surface area (Å²) in [5.41, 5.74) is 5.87. The van der Waals surface area contributed by atoms with Crippen molar-refractivity contribution >= 4 is 36.4 Å². The molecule has 0 amide bonds. The van der Waals surface area contributed by atoms with Crippen LogP contribution in [0.1, 0.15) is 20.8 Å². The molecule has 0 aliphatic carbocycles. The Bertz CT molecular complexity index is 1220. The highest BCUT2D eigenvalue weighted by atomic mass is 28.3. The molecule has 2 aromatic heterocycles. The lowest BCUT2D eigenvalue weighted by atomic mass is 9.64. The van der Waals surface area contributed by atoms with Gasteiger partial charge in [0.1, 0.15) is 11.8 Å². The molecule has 4 rings (SSSR count). The Labute approximate surface area is 213 Å². The zero-order valence-corrected chi connectivity index (χ0v) is 22.0. The normalized spacial score (nSPS) is 13.4. The number of hydrogen-bond acceptors (Lipinski definition) is 7. The highest BCUT2D eigenvalue weighted by molar-refractivity contribution is 6.80. The first-order chi connectivity index (χ1) is 17.3. The summed E-state index contributed by atoms with van der Waals surface area (Å²) in [6.45, 7) is 6.56. The van der Waals surface area contributed by atoms with Crippen LogP contribution in [0.2, 0.25) is 0 Å².